The number of ether oxygens (including phenoxy) is 1. The lowest BCUT2D eigenvalue weighted by atomic mass is 10.3. The second kappa shape index (κ2) is 6.58. The zero-order valence-corrected chi connectivity index (χ0v) is 14.6. The molecular formula is C12H3Cl7O. The first-order chi connectivity index (χ1) is 9.31. The molecule has 0 aliphatic carbocycles. The van der Waals surface area contributed by atoms with Gasteiger partial charge in [0.2, 0.25) is 0 Å². The Kier molecular flexibility index (Phi) is 5.47. The largest absolute Gasteiger partial charge is 0.451 e. The average molecular weight is 411 g/mol. The van der Waals surface area contributed by atoms with Crippen LogP contribution in [0, 0.1) is 0 Å². The molecule has 0 saturated carbocycles. The Bertz CT molecular complexity index is 661. The summed E-state index contributed by atoms with van der Waals surface area (Å²) in [6, 6.07) is 4.36. The van der Waals surface area contributed by atoms with Crippen molar-refractivity contribution < 1.29 is 4.74 Å². The summed E-state index contributed by atoms with van der Waals surface area (Å²) in [6.07, 6.45) is 0. The van der Waals surface area contributed by atoms with Crippen LogP contribution in [0.5, 0.6) is 11.5 Å². The van der Waals surface area contributed by atoms with Crippen molar-refractivity contribution in [1.29, 1.82) is 0 Å². The van der Waals surface area contributed by atoms with Gasteiger partial charge in [0.25, 0.3) is 0 Å². The van der Waals surface area contributed by atoms with E-state index in [4.69, 9.17) is 85.9 Å². The number of hydrogen-bond acceptors (Lipinski definition) is 1. The number of hydrogen-bond donors (Lipinski definition) is 0. The zero-order chi connectivity index (χ0) is 15.0. The van der Waals surface area contributed by atoms with Crippen LogP contribution in [0.2, 0.25) is 35.2 Å². The molecular weight excluding hydrogens is 408 g/mol. The minimum Gasteiger partial charge on any atom is -0.451 e. The lowest BCUT2D eigenvalue weighted by Gasteiger charge is -2.14. The predicted octanol–water partition coefficient (Wildman–Crippen LogP) is 8.05. The van der Waals surface area contributed by atoms with Crippen molar-refractivity contribution in [1.82, 2.24) is 0 Å². The first-order valence-electron chi connectivity index (χ1n) is 4.96. The lowest BCUT2D eigenvalue weighted by Crippen LogP contribution is -1.90. The molecule has 2 aromatic rings. The van der Waals surface area contributed by atoms with Gasteiger partial charge in [-0.15, -0.1) is 0 Å². The summed E-state index contributed by atoms with van der Waals surface area (Å²) < 4.78 is 5.56. The summed E-state index contributed by atoms with van der Waals surface area (Å²) in [5.41, 5.74) is 0. The van der Waals surface area contributed by atoms with E-state index in [1.165, 1.54) is 18.2 Å². The van der Waals surface area contributed by atoms with Crippen molar-refractivity contribution in [3.8, 4) is 11.5 Å². The highest BCUT2D eigenvalue weighted by Gasteiger charge is 2.18. The van der Waals surface area contributed by atoms with Gasteiger partial charge in [0, 0.05) is 5.02 Å². The maximum Gasteiger partial charge on any atom is 0.166 e. The summed E-state index contributed by atoms with van der Waals surface area (Å²) in [7, 11) is 0. The highest BCUT2D eigenvalue weighted by molar-refractivity contribution is 6.50. The van der Waals surface area contributed by atoms with Crippen molar-refractivity contribution in [3.63, 3.8) is 0 Å². The molecule has 0 radical (unpaired) electrons. The lowest BCUT2D eigenvalue weighted by molar-refractivity contribution is 0.484. The molecule has 20 heavy (non-hydrogen) atoms. The van der Waals surface area contributed by atoms with Gasteiger partial charge in [-0.3, -0.25) is 0 Å². The monoisotopic (exact) mass is 408 g/mol. The zero-order valence-electron chi connectivity index (χ0n) is 9.29. The van der Waals surface area contributed by atoms with Gasteiger partial charge in [-0.1, -0.05) is 81.2 Å². The van der Waals surface area contributed by atoms with E-state index >= 15 is 0 Å². The molecule has 0 aromatic heterocycles. The van der Waals surface area contributed by atoms with E-state index in [0.717, 1.165) is 0 Å². The Morgan fingerprint density at radius 1 is 0.550 bits per heavy atom. The Morgan fingerprint density at radius 2 is 1.05 bits per heavy atom. The third-order valence-corrected chi connectivity index (χ3v) is 4.54. The van der Waals surface area contributed by atoms with Crippen LogP contribution in [0.15, 0.2) is 18.2 Å². The Balaban J connectivity index is 2.54. The van der Waals surface area contributed by atoms with Gasteiger partial charge in [0.15, 0.2) is 11.5 Å². The molecule has 0 unspecified atom stereocenters. The number of halogens is 7. The number of rotatable bonds is 2. The van der Waals surface area contributed by atoms with Crippen molar-refractivity contribution in [2.24, 2.45) is 0 Å². The van der Waals surface area contributed by atoms with Crippen LogP contribution >= 0.6 is 81.2 Å². The molecule has 0 amide bonds. The van der Waals surface area contributed by atoms with Crippen LogP contribution in [0.25, 0.3) is 0 Å². The second-order valence-corrected chi connectivity index (χ2v) is 6.42. The summed E-state index contributed by atoms with van der Waals surface area (Å²) in [5.74, 6) is 0.272. The summed E-state index contributed by atoms with van der Waals surface area (Å²) in [4.78, 5) is 0. The molecule has 0 aliphatic heterocycles. The fourth-order valence-electron chi connectivity index (χ4n) is 1.37. The quantitative estimate of drug-likeness (QED) is 0.359. The summed E-state index contributed by atoms with van der Waals surface area (Å²) in [5, 5.41) is 1.36. The summed E-state index contributed by atoms with van der Waals surface area (Å²) in [6.45, 7) is 0. The molecule has 0 bridgehead atoms. The average Bonchev–Trinajstić information content (AvgIpc) is 2.34. The van der Waals surface area contributed by atoms with E-state index in [1.807, 2.05) is 0 Å². The van der Waals surface area contributed by atoms with Crippen molar-refractivity contribution in [2.75, 3.05) is 0 Å². The maximum absolute atomic E-state index is 6.05. The van der Waals surface area contributed by atoms with E-state index in [1.54, 1.807) is 0 Å². The predicted molar refractivity (Wildman–Crippen MR) is 88.0 cm³/mol. The van der Waals surface area contributed by atoms with Gasteiger partial charge in [0.05, 0.1) is 25.1 Å². The SMILES string of the molecule is Clc1cc(Cl)c(Oc2c(Cl)cc(Cl)c(Cl)c2Cl)c(Cl)c1. The van der Waals surface area contributed by atoms with Gasteiger partial charge >= 0.3 is 0 Å². The van der Waals surface area contributed by atoms with Crippen LogP contribution in [-0.2, 0) is 0 Å². The number of benzene rings is 2. The molecule has 2 rings (SSSR count). The first kappa shape index (κ1) is 16.6. The van der Waals surface area contributed by atoms with Gasteiger partial charge in [-0.2, -0.15) is 0 Å². The normalized spacial score (nSPS) is 10.8. The minimum atomic E-state index is 0.0613. The van der Waals surface area contributed by atoms with Crippen molar-refractivity contribution in [3.05, 3.63) is 53.4 Å². The molecule has 1 nitrogen and oxygen atoms in total. The minimum absolute atomic E-state index is 0.0613. The molecule has 0 N–H and O–H groups in total. The van der Waals surface area contributed by atoms with Gasteiger partial charge < -0.3 is 4.74 Å². The van der Waals surface area contributed by atoms with Crippen LogP contribution in [-0.4, -0.2) is 0 Å². The second-order valence-electron chi connectivity index (χ2n) is 3.60. The van der Waals surface area contributed by atoms with E-state index in [-0.39, 0.29) is 41.6 Å². The van der Waals surface area contributed by atoms with Crippen molar-refractivity contribution in [2.45, 2.75) is 0 Å². The molecule has 0 spiro atoms. The molecule has 0 heterocycles. The molecule has 0 aliphatic rings. The van der Waals surface area contributed by atoms with E-state index in [0.29, 0.717) is 5.02 Å². The first-order valence-corrected chi connectivity index (χ1v) is 7.61. The van der Waals surface area contributed by atoms with Crippen molar-refractivity contribution >= 4 is 81.2 Å². The molecule has 8 heteroatoms. The fraction of sp³-hybridized carbons (Fsp3) is 0. The third-order valence-electron chi connectivity index (χ3n) is 2.24. The molecule has 106 valence electrons. The highest BCUT2D eigenvalue weighted by Crippen LogP contribution is 2.47. The Morgan fingerprint density at radius 3 is 1.60 bits per heavy atom. The molecule has 0 saturated heterocycles. The van der Waals surface area contributed by atoms with E-state index in [9.17, 15) is 0 Å². The van der Waals surface area contributed by atoms with Crippen LogP contribution in [0.1, 0.15) is 0 Å². The Labute approximate surface area is 150 Å². The van der Waals surface area contributed by atoms with Gasteiger partial charge in [-0.05, 0) is 18.2 Å². The topological polar surface area (TPSA) is 9.23 Å². The molecule has 0 atom stereocenters. The van der Waals surface area contributed by atoms with Crippen LogP contribution in [0.4, 0.5) is 0 Å². The Hall–Kier alpha value is 0.270. The van der Waals surface area contributed by atoms with E-state index in [2.05, 4.69) is 0 Å². The smallest absolute Gasteiger partial charge is 0.166 e. The van der Waals surface area contributed by atoms with Crippen LogP contribution < -0.4 is 4.74 Å². The maximum atomic E-state index is 6.05. The third kappa shape index (κ3) is 3.36. The van der Waals surface area contributed by atoms with Gasteiger partial charge in [0.1, 0.15) is 5.02 Å². The van der Waals surface area contributed by atoms with E-state index < -0.39 is 0 Å². The van der Waals surface area contributed by atoms with Gasteiger partial charge in [-0.25, -0.2) is 0 Å². The fourth-order valence-corrected chi connectivity index (χ4v) is 3.25. The molecule has 2 aromatic carbocycles. The standard InChI is InChI=1S/C12H3Cl7O/c13-4-1-6(15)11(7(16)2-4)20-12-8(17)3-5(14)9(18)10(12)19/h1-3H. The highest BCUT2D eigenvalue weighted by atomic mass is 35.5. The molecule has 0 fully saturated rings. The summed E-state index contributed by atoms with van der Waals surface area (Å²) >= 11 is 41.7. The van der Waals surface area contributed by atoms with Crippen LogP contribution in [0.3, 0.4) is 0 Å².